The Balaban J connectivity index is 2.77. The van der Waals surface area contributed by atoms with Gasteiger partial charge in [0.15, 0.2) is 0 Å². The normalized spacial score (nSPS) is 9.59. The fraction of sp³-hybridized carbons (Fsp3) is 0.385. The molecule has 0 saturated carbocycles. The molecule has 0 fully saturated rings. The van der Waals surface area contributed by atoms with Crippen LogP contribution in [0.5, 0.6) is 0 Å². The first-order valence-corrected chi connectivity index (χ1v) is 5.64. The zero-order chi connectivity index (χ0) is 12.7. The summed E-state index contributed by atoms with van der Waals surface area (Å²) in [5.74, 6) is 0.212. The number of aromatic nitrogens is 1. The molecule has 0 bridgehead atoms. The van der Waals surface area contributed by atoms with Crippen LogP contribution in [0, 0.1) is 0 Å². The number of esters is 1. The molecule has 0 saturated heterocycles. The molecule has 0 aliphatic heterocycles. The van der Waals surface area contributed by atoms with E-state index in [1.54, 1.807) is 25.3 Å². The zero-order valence-corrected chi connectivity index (χ0v) is 10.5. The molecule has 92 valence electrons. The van der Waals surface area contributed by atoms with Gasteiger partial charge in [-0.1, -0.05) is 11.6 Å². The maximum Gasteiger partial charge on any atom is 0.341 e. The van der Waals surface area contributed by atoms with E-state index < -0.39 is 0 Å². The summed E-state index contributed by atoms with van der Waals surface area (Å²) in [4.78, 5) is 15.8. The first-order valence-electron chi connectivity index (χ1n) is 5.64. The second-order valence-corrected chi connectivity index (χ2v) is 3.78. The third kappa shape index (κ3) is 4.26. The highest BCUT2D eigenvalue weighted by atomic mass is 16.5. The van der Waals surface area contributed by atoms with Gasteiger partial charge in [-0.05, 0) is 32.9 Å². The summed E-state index contributed by atoms with van der Waals surface area (Å²) < 4.78 is 4.96. The van der Waals surface area contributed by atoms with Crippen molar-refractivity contribution in [3.05, 3.63) is 35.5 Å². The molecule has 1 N–H and O–H groups in total. The maximum atomic E-state index is 11.6. The number of nitrogens with zero attached hydrogens (tertiary/aromatic N) is 1. The smallest absolute Gasteiger partial charge is 0.341 e. The Morgan fingerprint density at radius 3 is 2.94 bits per heavy atom. The number of rotatable bonds is 5. The van der Waals surface area contributed by atoms with Gasteiger partial charge in [-0.2, -0.15) is 0 Å². The van der Waals surface area contributed by atoms with Crippen LogP contribution in [0.2, 0.25) is 0 Å². The Bertz CT molecular complexity index is 410. The van der Waals surface area contributed by atoms with Gasteiger partial charge in [0.2, 0.25) is 0 Å². The molecule has 1 heterocycles. The maximum absolute atomic E-state index is 11.6. The summed E-state index contributed by atoms with van der Waals surface area (Å²) in [5.41, 5.74) is 1.68. The fourth-order valence-corrected chi connectivity index (χ4v) is 1.27. The van der Waals surface area contributed by atoms with Gasteiger partial charge in [0.1, 0.15) is 11.4 Å². The number of ether oxygens (including phenoxy) is 1. The van der Waals surface area contributed by atoms with Gasteiger partial charge in [0.25, 0.3) is 0 Å². The highest BCUT2D eigenvalue weighted by Gasteiger charge is 2.12. The van der Waals surface area contributed by atoms with Gasteiger partial charge >= 0.3 is 5.97 Å². The zero-order valence-electron chi connectivity index (χ0n) is 10.5. The lowest BCUT2D eigenvalue weighted by molar-refractivity contribution is 0.0527. The number of hydrogen-bond donors (Lipinski definition) is 1. The first kappa shape index (κ1) is 13.2. The lowest BCUT2D eigenvalue weighted by Crippen LogP contribution is -2.11. The van der Waals surface area contributed by atoms with E-state index in [0.29, 0.717) is 24.5 Å². The van der Waals surface area contributed by atoms with E-state index >= 15 is 0 Å². The molecule has 1 rings (SSSR count). The molecule has 0 spiro atoms. The largest absolute Gasteiger partial charge is 0.462 e. The van der Waals surface area contributed by atoms with E-state index in [1.807, 2.05) is 19.9 Å². The lowest BCUT2D eigenvalue weighted by Gasteiger charge is -2.08. The van der Waals surface area contributed by atoms with Crippen LogP contribution < -0.4 is 5.32 Å². The van der Waals surface area contributed by atoms with E-state index in [0.717, 1.165) is 0 Å². The lowest BCUT2D eigenvalue weighted by atomic mass is 10.2. The Kier molecular flexibility index (Phi) is 5.20. The molecule has 0 radical (unpaired) electrons. The van der Waals surface area contributed by atoms with Gasteiger partial charge in [-0.15, -0.1) is 0 Å². The molecule has 0 aliphatic carbocycles. The van der Waals surface area contributed by atoms with Crippen molar-refractivity contribution < 1.29 is 9.53 Å². The average Bonchev–Trinajstić information content (AvgIpc) is 2.29. The topological polar surface area (TPSA) is 51.2 Å². The third-order valence-electron chi connectivity index (χ3n) is 2.08. The average molecular weight is 234 g/mol. The molecule has 0 aromatic carbocycles. The van der Waals surface area contributed by atoms with Crippen molar-refractivity contribution in [1.82, 2.24) is 4.98 Å². The molecule has 0 amide bonds. The Hall–Kier alpha value is -1.84. The van der Waals surface area contributed by atoms with Gasteiger partial charge in [-0.3, -0.25) is 0 Å². The second-order valence-electron chi connectivity index (χ2n) is 3.78. The molecular weight excluding hydrogens is 216 g/mol. The number of anilines is 1. The van der Waals surface area contributed by atoms with Crippen molar-refractivity contribution >= 4 is 11.8 Å². The summed E-state index contributed by atoms with van der Waals surface area (Å²) in [7, 11) is 0. The molecule has 1 aromatic heterocycles. The van der Waals surface area contributed by atoms with Gasteiger partial charge in [-0.25, -0.2) is 9.78 Å². The fourth-order valence-electron chi connectivity index (χ4n) is 1.27. The minimum absolute atomic E-state index is 0.347. The molecule has 0 aliphatic rings. The van der Waals surface area contributed by atoms with E-state index in [9.17, 15) is 4.79 Å². The van der Waals surface area contributed by atoms with Crippen LogP contribution >= 0.6 is 0 Å². The molecular formula is C13H18N2O2. The minimum Gasteiger partial charge on any atom is -0.462 e. The van der Waals surface area contributed by atoms with Crippen LogP contribution in [-0.4, -0.2) is 24.1 Å². The van der Waals surface area contributed by atoms with E-state index in [4.69, 9.17) is 4.74 Å². The standard InChI is InChI=1S/C13H18N2O2/c1-4-17-13(16)11-6-5-8-14-12(11)15-9-7-10(2)3/h5-8H,4,9H2,1-3H3,(H,14,15). The van der Waals surface area contributed by atoms with Crippen molar-refractivity contribution in [3.8, 4) is 0 Å². The van der Waals surface area contributed by atoms with Gasteiger partial charge in [0.05, 0.1) is 6.61 Å². The summed E-state index contributed by atoms with van der Waals surface area (Å²) >= 11 is 0. The van der Waals surface area contributed by atoms with Crippen LogP contribution in [0.3, 0.4) is 0 Å². The van der Waals surface area contributed by atoms with Crippen molar-refractivity contribution in [2.24, 2.45) is 0 Å². The molecule has 0 atom stereocenters. The van der Waals surface area contributed by atoms with Crippen LogP contribution in [0.15, 0.2) is 30.0 Å². The van der Waals surface area contributed by atoms with E-state index in [1.165, 1.54) is 5.57 Å². The quantitative estimate of drug-likeness (QED) is 0.628. The molecule has 17 heavy (non-hydrogen) atoms. The Labute approximate surface area is 102 Å². The Morgan fingerprint density at radius 2 is 2.29 bits per heavy atom. The van der Waals surface area contributed by atoms with E-state index in [2.05, 4.69) is 10.3 Å². The summed E-state index contributed by atoms with van der Waals surface area (Å²) in [6.07, 6.45) is 3.68. The molecule has 4 heteroatoms. The summed E-state index contributed by atoms with van der Waals surface area (Å²) in [5, 5.41) is 3.10. The summed E-state index contributed by atoms with van der Waals surface area (Å²) in [6.45, 7) is 6.83. The predicted molar refractivity (Wildman–Crippen MR) is 68.1 cm³/mol. The van der Waals surface area contributed by atoms with Crippen LogP contribution in [-0.2, 0) is 4.74 Å². The van der Waals surface area contributed by atoms with Crippen molar-refractivity contribution in [2.45, 2.75) is 20.8 Å². The van der Waals surface area contributed by atoms with Crippen LogP contribution in [0.25, 0.3) is 0 Å². The van der Waals surface area contributed by atoms with Crippen molar-refractivity contribution in [3.63, 3.8) is 0 Å². The van der Waals surface area contributed by atoms with Gasteiger partial charge in [0, 0.05) is 12.7 Å². The number of nitrogens with one attached hydrogen (secondary N) is 1. The van der Waals surface area contributed by atoms with Crippen LogP contribution in [0.4, 0.5) is 5.82 Å². The SMILES string of the molecule is CCOC(=O)c1cccnc1NCC=C(C)C. The van der Waals surface area contributed by atoms with Crippen molar-refractivity contribution in [2.75, 3.05) is 18.5 Å². The summed E-state index contributed by atoms with van der Waals surface area (Å²) in [6, 6.07) is 3.42. The molecule has 4 nitrogen and oxygen atoms in total. The second kappa shape index (κ2) is 6.68. The number of pyridine rings is 1. The number of hydrogen-bond acceptors (Lipinski definition) is 4. The van der Waals surface area contributed by atoms with Crippen molar-refractivity contribution in [1.29, 1.82) is 0 Å². The monoisotopic (exact) mass is 234 g/mol. The van der Waals surface area contributed by atoms with E-state index in [-0.39, 0.29) is 5.97 Å². The molecule has 1 aromatic rings. The number of carbonyl (C=O) groups is 1. The van der Waals surface area contributed by atoms with Crippen LogP contribution in [0.1, 0.15) is 31.1 Å². The predicted octanol–water partition coefficient (Wildman–Crippen LogP) is 2.64. The molecule has 0 unspecified atom stereocenters. The first-order chi connectivity index (χ1) is 8.15. The highest BCUT2D eigenvalue weighted by Crippen LogP contribution is 2.12. The van der Waals surface area contributed by atoms with Gasteiger partial charge < -0.3 is 10.1 Å². The number of allylic oxidation sites excluding steroid dienone is 1. The number of carbonyl (C=O) groups excluding carboxylic acids is 1. The third-order valence-corrected chi connectivity index (χ3v) is 2.08. The minimum atomic E-state index is -0.347. The highest BCUT2D eigenvalue weighted by molar-refractivity contribution is 5.94. The Morgan fingerprint density at radius 1 is 1.53 bits per heavy atom.